The van der Waals surface area contributed by atoms with Gasteiger partial charge in [0.25, 0.3) is 0 Å². The number of Topliss-reactive ketones (excluding diaryl/α,β-unsaturated/α-hetero) is 1. The van der Waals surface area contributed by atoms with Crippen LogP contribution in [0.2, 0.25) is 0 Å². The summed E-state index contributed by atoms with van der Waals surface area (Å²) in [4.78, 5) is 13.5. The Bertz CT molecular complexity index is 433. The molecular weight excluding hydrogens is 280 g/mol. The maximum atomic E-state index is 11.9. The van der Waals surface area contributed by atoms with Gasteiger partial charge in [0.15, 0.2) is 5.78 Å². The fourth-order valence-corrected chi connectivity index (χ4v) is 3.85. The second-order valence-electron chi connectivity index (χ2n) is 4.19. The number of nitrogens with one attached hydrogen (secondary N) is 1. The van der Waals surface area contributed by atoms with E-state index in [2.05, 4.69) is 12.2 Å². The van der Waals surface area contributed by atoms with Crippen molar-refractivity contribution in [3.63, 3.8) is 0 Å². The molecule has 1 unspecified atom stereocenters. The van der Waals surface area contributed by atoms with Crippen LogP contribution >= 0.6 is 23.1 Å². The lowest BCUT2D eigenvalue weighted by Crippen LogP contribution is -2.23. The van der Waals surface area contributed by atoms with Gasteiger partial charge in [0.05, 0.1) is 22.1 Å². The Morgan fingerprint density at radius 3 is 2.68 bits per heavy atom. The van der Waals surface area contributed by atoms with Gasteiger partial charge >= 0.3 is 0 Å². The number of rotatable bonds is 8. The van der Waals surface area contributed by atoms with Crippen LogP contribution in [0.5, 0.6) is 0 Å². The molecule has 1 aromatic rings. The zero-order chi connectivity index (χ0) is 14.4. The van der Waals surface area contributed by atoms with Crippen molar-refractivity contribution in [2.24, 2.45) is 0 Å². The Kier molecular flexibility index (Phi) is 6.68. The Morgan fingerprint density at radius 1 is 1.53 bits per heavy atom. The van der Waals surface area contributed by atoms with Crippen molar-refractivity contribution in [2.45, 2.75) is 37.6 Å². The molecule has 0 radical (unpaired) electrons. The van der Waals surface area contributed by atoms with Gasteiger partial charge in [0.2, 0.25) is 0 Å². The minimum atomic E-state index is 0.102. The van der Waals surface area contributed by atoms with Gasteiger partial charge in [-0.25, -0.2) is 0 Å². The highest BCUT2D eigenvalue weighted by molar-refractivity contribution is 7.99. The summed E-state index contributed by atoms with van der Waals surface area (Å²) in [5.74, 6) is 0.102. The first kappa shape index (κ1) is 16.3. The topological polar surface area (TPSA) is 64.3 Å². The Balaban J connectivity index is 3.03. The van der Waals surface area contributed by atoms with Gasteiger partial charge in [0, 0.05) is 19.6 Å². The van der Waals surface area contributed by atoms with Crippen LogP contribution in [0.3, 0.4) is 0 Å². The van der Waals surface area contributed by atoms with E-state index in [-0.39, 0.29) is 11.8 Å². The summed E-state index contributed by atoms with van der Waals surface area (Å²) < 4.78 is 5.18. The normalized spacial score (nSPS) is 12.4. The van der Waals surface area contributed by atoms with Crippen LogP contribution in [0.15, 0.2) is 4.90 Å². The van der Waals surface area contributed by atoms with E-state index in [1.54, 1.807) is 18.9 Å². The lowest BCUT2D eigenvalue weighted by atomic mass is 10.2. The van der Waals surface area contributed by atoms with Gasteiger partial charge in [-0.15, -0.1) is 23.1 Å². The number of thiophene rings is 1. The van der Waals surface area contributed by atoms with Crippen molar-refractivity contribution in [3.05, 3.63) is 4.88 Å². The van der Waals surface area contributed by atoms with Gasteiger partial charge < -0.3 is 15.8 Å². The number of nitrogens with two attached hydrogens (primary N) is 1. The average Bonchev–Trinajstić information content (AvgIpc) is 2.73. The molecule has 0 amide bonds. The lowest BCUT2D eigenvalue weighted by molar-refractivity contribution is 0.0992. The summed E-state index contributed by atoms with van der Waals surface area (Å²) >= 11 is 3.02. The third kappa shape index (κ3) is 3.87. The molecular formula is C13H22N2O2S2. The molecule has 0 saturated carbocycles. The molecule has 0 aliphatic rings. The summed E-state index contributed by atoms with van der Waals surface area (Å²) in [5, 5.41) is 4.41. The molecule has 0 fully saturated rings. The van der Waals surface area contributed by atoms with Crippen LogP contribution in [0.25, 0.3) is 0 Å². The molecule has 6 heteroatoms. The first-order chi connectivity index (χ1) is 9.08. The summed E-state index contributed by atoms with van der Waals surface area (Å²) in [6.45, 7) is 4.59. The first-order valence-corrected chi connectivity index (χ1v) is 8.37. The molecule has 0 bridgehead atoms. The van der Waals surface area contributed by atoms with E-state index in [9.17, 15) is 4.79 Å². The zero-order valence-electron chi connectivity index (χ0n) is 11.9. The fraction of sp³-hybridized carbons (Fsp3) is 0.615. The molecule has 0 spiro atoms. The van der Waals surface area contributed by atoms with Crippen molar-refractivity contribution in [2.75, 3.05) is 31.0 Å². The summed E-state index contributed by atoms with van der Waals surface area (Å²) in [6.07, 6.45) is 3.41. The first-order valence-electron chi connectivity index (χ1n) is 6.33. The van der Waals surface area contributed by atoms with Crippen LogP contribution in [0, 0.1) is 0 Å². The van der Waals surface area contributed by atoms with Crippen molar-refractivity contribution < 1.29 is 9.53 Å². The van der Waals surface area contributed by atoms with Gasteiger partial charge in [-0.05, 0) is 12.7 Å². The number of carbonyl (C=O) groups excluding carboxylic acids is 1. The molecule has 19 heavy (non-hydrogen) atoms. The van der Waals surface area contributed by atoms with E-state index < -0.39 is 0 Å². The van der Waals surface area contributed by atoms with Gasteiger partial charge in [-0.1, -0.05) is 13.8 Å². The van der Waals surface area contributed by atoms with Crippen molar-refractivity contribution in [3.8, 4) is 0 Å². The summed E-state index contributed by atoms with van der Waals surface area (Å²) in [5.41, 5.74) is 6.69. The molecule has 3 N–H and O–H groups in total. The van der Waals surface area contributed by atoms with E-state index in [0.717, 1.165) is 16.3 Å². The molecule has 1 aromatic heterocycles. The molecule has 1 rings (SSSR count). The molecule has 0 aliphatic heterocycles. The second-order valence-corrected chi connectivity index (χ2v) is 6.03. The van der Waals surface area contributed by atoms with Crippen molar-refractivity contribution >= 4 is 39.6 Å². The number of hydrogen-bond donors (Lipinski definition) is 2. The van der Waals surface area contributed by atoms with Gasteiger partial charge in [-0.2, -0.15) is 0 Å². The number of hydrogen-bond acceptors (Lipinski definition) is 6. The smallest absolute Gasteiger partial charge is 0.174 e. The summed E-state index contributed by atoms with van der Waals surface area (Å²) in [6, 6.07) is 0.235. The van der Waals surface area contributed by atoms with Crippen LogP contribution in [0.1, 0.15) is 36.4 Å². The number of anilines is 2. The molecule has 0 aliphatic carbocycles. The fourth-order valence-electron chi connectivity index (χ4n) is 1.74. The van der Waals surface area contributed by atoms with Crippen molar-refractivity contribution in [1.82, 2.24) is 0 Å². The monoisotopic (exact) mass is 302 g/mol. The van der Waals surface area contributed by atoms with E-state index in [1.807, 2.05) is 13.2 Å². The highest BCUT2D eigenvalue weighted by atomic mass is 32.2. The SMILES string of the molecule is CCC(=O)c1sc(NC(CC)COC)c(SC)c1N. The number of carbonyl (C=O) groups is 1. The minimum absolute atomic E-state index is 0.102. The predicted molar refractivity (Wildman–Crippen MR) is 84.7 cm³/mol. The van der Waals surface area contributed by atoms with Gasteiger partial charge in [0.1, 0.15) is 5.00 Å². The van der Waals surface area contributed by atoms with Crippen molar-refractivity contribution in [1.29, 1.82) is 0 Å². The third-order valence-corrected chi connectivity index (χ3v) is 5.01. The largest absolute Gasteiger partial charge is 0.396 e. The summed E-state index contributed by atoms with van der Waals surface area (Å²) in [7, 11) is 1.69. The molecule has 0 saturated heterocycles. The molecule has 1 atom stereocenters. The highest BCUT2D eigenvalue weighted by Crippen LogP contribution is 2.42. The lowest BCUT2D eigenvalue weighted by Gasteiger charge is -2.16. The quantitative estimate of drug-likeness (QED) is 0.568. The Labute approximate surface area is 123 Å². The predicted octanol–water partition coefficient (Wildman–Crippen LogP) is 3.48. The van der Waals surface area contributed by atoms with E-state index in [0.29, 0.717) is 23.6 Å². The second kappa shape index (κ2) is 7.77. The number of ketones is 1. The average molecular weight is 302 g/mol. The maximum Gasteiger partial charge on any atom is 0.174 e. The Morgan fingerprint density at radius 2 is 2.21 bits per heavy atom. The van der Waals surface area contributed by atoms with Crippen LogP contribution in [-0.2, 0) is 4.74 Å². The third-order valence-electron chi connectivity index (χ3n) is 2.87. The number of ether oxygens (including phenoxy) is 1. The minimum Gasteiger partial charge on any atom is -0.396 e. The van der Waals surface area contributed by atoms with E-state index in [4.69, 9.17) is 10.5 Å². The maximum absolute atomic E-state index is 11.9. The van der Waals surface area contributed by atoms with E-state index in [1.165, 1.54) is 11.3 Å². The van der Waals surface area contributed by atoms with Crippen LogP contribution < -0.4 is 11.1 Å². The van der Waals surface area contributed by atoms with E-state index >= 15 is 0 Å². The molecule has 1 heterocycles. The standard InChI is InChI=1S/C13H22N2O2S2/c1-5-8(7-17-3)15-13-12(18-4)10(14)11(19-13)9(16)6-2/h8,15H,5-7,14H2,1-4H3. The molecule has 0 aromatic carbocycles. The zero-order valence-corrected chi connectivity index (χ0v) is 13.5. The molecule has 4 nitrogen and oxygen atoms in total. The number of nitrogen functional groups attached to an aromatic ring is 1. The Hall–Kier alpha value is -0.720. The molecule has 108 valence electrons. The van der Waals surface area contributed by atoms with Gasteiger partial charge in [-0.3, -0.25) is 4.79 Å². The van der Waals surface area contributed by atoms with Crippen LogP contribution in [-0.4, -0.2) is 31.8 Å². The number of thioether (sulfide) groups is 1. The van der Waals surface area contributed by atoms with Crippen LogP contribution in [0.4, 0.5) is 10.7 Å². The number of methoxy groups -OCH3 is 1. The highest BCUT2D eigenvalue weighted by Gasteiger charge is 2.20.